The van der Waals surface area contributed by atoms with Gasteiger partial charge in [-0.15, -0.1) is 0 Å². The Morgan fingerprint density at radius 2 is 2.14 bits per heavy atom. The summed E-state index contributed by atoms with van der Waals surface area (Å²) in [5.74, 6) is 4.35. The minimum Gasteiger partial charge on any atom is -0.469 e. The SMILES string of the molecule is COC(=O)C(C)CN(C)C(=O)c1cccc(C#CCO)c1. The number of methoxy groups -OCH3 is 1. The highest BCUT2D eigenvalue weighted by Crippen LogP contribution is 2.09. The highest BCUT2D eigenvalue weighted by Gasteiger charge is 2.19. The molecule has 1 unspecified atom stereocenters. The minimum absolute atomic E-state index is 0.196. The fourth-order valence-corrected chi connectivity index (χ4v) is 1.86. The third-order valence-corrected chi connectivity index (χ3v) is 2.92. The Bertz CT molecular complexity index is 571. The summed E-state index contributed by atoms with van der Waals surface area (Å²) in [7, 11) is 2.96. The highest BCUT2D eigenvalue weighted by molar-refractivity contribution is 5.94. The topological polar surface area (TPSA) is 66.8 Å². The number of aliphatic hydroxyl groups is 1. The third-order valence-electron chi connectivity index (χ3n) is 2.92. The zero-order valence-corrected chi connectivity index (χ0v) is 12.4. The third kappa shape index (κ3) is 4.93. The molecule has 0 heterocycles. The van der Waals surface area contributed by atoms with Gasteiger partial charge >= 0.3 is 5.97 Å². The number of amides is 1. The Balaban J connectivity index is 2.80. The molecule has 1 atom stereocenters. The van der Waals surface area contributed by atoms with Crippen LogP contribution in [0.4, 0.5) is 0 Å². The van der Waals surface area contributed by atoms with Crippen molar-refractivity contribution in [2.75, 3.05) is 27.3 Å². The second-order valence-corrected chi connectivity index (χ2v) is 4.65. The molecule has 1 aromatic carbocycles. The average molecular weight is 289 g/mol. The van der Waals surface area contributed by atoms with Gasteiger partial charge in [0.15, 0.2) is 0 Å². The zero-order valence-electron chi connectivity index (χ0n) is 12.4. The molecule has 0 saturated heterocycles. The molecule has 0 fully saturated rings. The summed E-state index contributed by atoms with van der Waals surface area (Å²) in [6.07, 6.45) is 0. The van der Waals surface area contributed by atoms with E-state index in [0.717, 1.165) is 0 Å². The van der Waals surface area contributed by atoms with E-state index in [9.17, 15) is 9.59 Å². The van der Waals surface area contributed by atoms with Crippen LogP contribution in [0.15, 0.2) is 24.3 Å². The predicted molar refractivity (Wildman–Crippen MR) is 78.5 cm³/mol. The van der Waals surface area contributed by atoms with Gasteiger partial charge in [-0.25, -0.2) is 0 Å². The van der Waals surface area contributed by atoms with E-state index >= 15 is 0 Å². The first-order valence-electron chi connectivity index (χ1n) is 6.52. The summed E-state index contributed by atoms with van der Waals surface area (Å²) >= 11 is 0. The molecular weight excluding hydrogens is 270 g/mol. The van der Waals surface area contributed by atoms with E-state index in [2.05, 4.69) is 16.6 Å². The largest absolute Gasteiger partial charge is 0.469 e. The van der Waals surface area contributed by atoms with Crippen LogP contribution >= 0.6 is 0 Å². The maximum atomic E-state index is 12.3. The van der Waals surface area contributed by atoms with Crippen LogP contribution in [-0.4, -0.2) is 49.2 Å². The van der Waals surface area contributed by atoms with Crippen molar-refractivity contribution < 1.29 is 19.4 Å². The number of hydrogen-bond donors (Lipinski definition) is 1. The number of rotatable bonds is 4. The summed E-state index contributed by atoms with van der Waals surface area (Å²) in [6, 6.07) is 6.83. The Hall–Kier alpha value is -2.32. The molecule has 1 amide bonds. The molecule has 0 aliphatic rings. The Kier molecular flexibility index (Phi) is 6.44. The fraction of sp³-hybridized carbons (Fsp3) is 0.375. The van der Waals surface area contributed by atoms with Gasteiger partial charge < -0.3 is 14.7 Å². The number of benzene rings is 1. The number of nitrogens with zero attached hydrogens (tertiary/aromatic N) is 1. The first kappa shape index (κ1) is 16.7. The van der Waals surface area contributed by atoms with Crippen LogP contribution in [0.2, 0.25) is 0 Å². The molecule has 0 radical (unpaired) electrons. The monoisotopic (exact) mass is 289 g/mol. The smallest absolute Gasteiger partial charge is 0.310 e. The van der Waals surface area contributed by atoms with Crippen molar-refractivity contribution in [1.29, 1.82) is 0 Å². The maximum absolute atomic E-state index is 12.3. The molecular formula is C16H19NO4. The lowest BCUT2D eigenvalue weighted by molar-refractivity contribution is -0.145. The van der Waals surface area contributed by atoms with Crippen molar-refractivity contribution in [2.45, 2.75) is 6.92 Å². The summed E-state index contributed by atoms with van der Waals surface area (Å²) < 4.78 is 4.64. The molecule has 5 nitrogen and oxygen atoms in total. The lowest BCUT2D eigenvalue weighted by Gasteiger charge is -2.20. The molecule has 0 bridgehead atoms. The van der Waals surface area contributed by atoms with Gasteiger partial charge in [-0.1, -0.05) is 24.8 Å². The van der Waals surface area contributed by atoms with Crippen molar-refractivity contribution in [2.24, 2.45) is 5.92 Å². The molecule has 5 heteroatoms. The Labute approximate surface area is 124 Å². The summed E-state index contributed by atoms with van der Waals surface area (Å²) in [6.45, 7) is 1.76. The van der Waals surface area contributed by atoms with E-state index in [1.165, 1.54) is 12.0 Å². The standard InChI is InChI=1S/C16H19NO4/c1-12(16(20)21-3)11-17(2)15(19)14-8-4-6-13(10-14)7-5-9-18/h4,6,8,10,12,18H,9,11H2,1-3H3. The minimum atomic E-state index is -0.388. The lowest BCUT2D eigenvalue weighted by Crippen LogP contribution is -2.34. The van der Waals surface area contributed by atoms with Gasteiger partial charge in [0.1, 0.15) is 6.61 Å². The van der Waals surface area contributed by atoms with Crippen LogP contribution in [0, 0.1) is 17.8 Å². The van der Waals surface area contributed by atoms with Gasteiger partial charge in [-0.2, -0.15) is 0 Å². The maximum Gasteiger partial charge on any atom is 0.310 e. The van der Waals surface area contributed by atoms with Crippen molar-refractivity contribution >= 4 is 11.9 Å². The normalized spacial score (nSPS) is 11.0. The van der Waals surface area contributed by atoms with Gasteiger partial charge in [0.25, 0.3) is 5.91 Å². The number of aliphatic hydroxyl groups excluding tert-OH is 1. The molecule has 21 heavy (non-hydrogen) atoms. The van der Waals surface area contributed by atoms with Gasteiger partial charge in [-0.3, -0.25) is 9.59 Å². The predicted octanol–water partition coefficient (Wildman–Crippen LogP) is 0.911. The number of carbonyl (C=O) groups excluding carboxylic acids is 2. The van der Waals surface area contributed by atoms with Crippen LogP contribution in [0.1, 0.15) is 22.8 Å². The van der Waals surface area contributed by atoms with E-state index in [-0.39, 0.29) is 30.9 Å². The van der Waals surface area contributed by atoms with E-state index in [1.807, 2.05) is 0 Å². The second-order valence-electron chi connectivity index (χ2n) is 4.65. The Morgan fingerprint density at radius 3 is 2.76 bits per heavy atom. The Morgan fingerprint density at radius 1 is 1.43 bits per heavy atom. The first-order chi connectivity index (χ1) is 9.99. The van der Waals surface area contributed by atoms with Gasteiger partial charge in [0, 0.05) is 24.7 Å². The van der Waals surface area contributed by atoms with E-state index in [4.69, 9.17) is 5.11 Å². The van der Waals surface area contributed by atoms with Crippen LogP contribution in [-0.2, 0) is 9.53 Å². The van der Waals surface area contributed by atoms with E-state index in [0.29, 0.717) is 11.1 Å². The number of carbonyl (C=O) groups is 2. The molecule has 0 spiro atoms. The van der Waals surface area contributed by atoms with Crippen molar-refractivity contribution in [3.63, 3.8) is 0 Å². The first-order valence-corrected chi connectivity index (χ1v) is 6.52. The average Bonchev–Trinajstić information content (AvgIpc) is 2.51. The van der Waals surface area contributed by atoms with Gasteiger partial charge in [0.05, 0.1) is 13.0 Å². The molecule has 0 aliphatic carbocycles. The molecule has 1 rings (SSSR count). The van der Waals surface area contributed by atoms with Crippen LogP contribution in [0.25, 0.3) is 0 Å². The van der Waals surface area contributed by atoms with Crippen LogP contribution in [0.5, 0.6) is 0 Å². The van der Waals surface area contributed by atoms with Gasteiger partial charge in [-0.05, 0) is 18.2 Å². The van der Waals surface area contributed by atoms with Gasteiger partial charge in [0.2, 0.25) is 0 Å². The van der Waals surface area contributed by atoms with Crippen LogP contribution < -0.4 is 0 Å². The lowest BCUT2D eigenvalue weighted by atomic mass is 10.1. The highest BCUT2D eigenvalue weighted by atomic mass is 16.5. The molecule has 0 aliphatic heterocycles. The molecule has 0 saturated carbocycles. The second kappa shape index (κ2) is 8.08. The molecule has 0 aromatic heterocycles. The number of hydrogen-bond acceptors (Lipinski definition) is 4. The summed E-state index contributed by atoms with van der Waals surface area (Å²) in [4.78, 5) is 25.1. The molecule has 112 valence electrons. The molecule has 1 aromatic rings. The summed E-state index contributed by atoms with van der Waals surface area (Å²) in [5, 5.41) is 8.68. The van der Waals surface area contributed by atoms with E-state index in [1.54, 1.807) is 38.2 Å². The van der Waals surface area contributed by atoms with E-state index < -0.39 is 0 Å². The van der Waals surface area contributed by atoms with Crippen molar-refractivity contribution in [3.8, 4) is 11.8 Å². The van der Waals surface area contributed by atoms with Crippen LogP contribution in [0.3, 0.4) is 0 Å². The number of esters is 1. The molecule has 1 N–H and O–H groups in total. The number of ether oxygens (including phenoxy) is 1. The summed E-state index contributed by atoms with van der Waals surface area (Å²) in [5.41, 5.74) is 1.14. The van der Waals surface area contributed by atoms with Crippen molar-refractivity contribution in [3.05, 3.63) is 35.4 Å². The quantitative estimate of drug-likeness (QED) is 0.661. The fourth-order valence-electron chi connectivity index (χ4n) is 1.86. The van der Waals surface area contributed by atoms with Crippen molar-refractivity contribution in [1.82, 2.24) is 4.90 Å². The zero-order chi connectivity index (χ0) is 15.8.